The van der Waals surface area contributed by atoms with Crippen LogP contribution in [-0.4, -0.2) is 4.98 Å². The second-order valence-electron chi connectivity index (χ2n) is 5.00. The third-order valence-electron chi connectivity index (χ3n) is 3.61. The molecule has 2 nitrogen and oxygen atoms in total. The second kappa shape index (κ2) is 5.19. The molecular weight excluding hydrogens is 276 g/mol. The van der Waals surface area contributed by atoms with Crippen LogP contribution in [0.2, 0.25) is 0 Å². The van der Waals surface area contributed by atoms with Crippen LogP contribution < -0.4 is 5.32 Å². The van der Waals surface area contributed by atoms with Gasteiger partial charge < -0.3 is 5.32 Å². The van der Waals surface area contributed by atoms with E-state index in [-0.39, 0.29) is 0 Å². The number of hydrogen-bond acceptors (Lipinski definition) is 3. The maximum atomic E-state index is 4.39. The Morgan fingerprint density at radius 1 is 0.857 bits per heavy atom. The number of benzene rings is 2. The number of thiophene rings is 1. The van der Waals surface area contributed by atoms with Crippen molar-refractivity contribution in [1.29, 1.82) is 0 Å². The molecule has 4 rings (SSSR count). The Balaban J connectivity index is 1.75. The van der Waals surface area contributed by atoms with Crippen LogP contribution in [0.5, 0.6) is 0 Å². The van der Waals surface area contributed by atoms with Gasteiger partial charge in [-0.25, -0.2) is 0 Å². The summed E-state index contributed by atoms with van der Waals surface area (Å²) in [6, 6.07) is 18.9. The fourth-order valence-corrected chi connectivity index (χ4v) is 3.72. The Hall–Kier alpha value is -2.39. The van der Waals surface area contributed by atoms with Crippen LogP contribution in [0.15, 0.2) is 67.0 Å². The standard InChI is InChI=1S/C18H14N2S/c1-2-6-13(7-3-1)10-20-16-12-19-11-15-14-8-4-5-9-17(14)21-18(15)16/h1-9,11-12,20H,10H2. The first-order valence-corrected chi connectivity index (χ1v) is 7.76. The highest BCUT2D eigenvalue weighted by Crippen LogP contribution is 2.37. The van der Waals surface area contributed by atoms with Crippen molar-refractivity contribution < 1.29 is 0 Å². The lowest BCUT2D eigenvalue weighted by atomic mass is 10.2. The van der Waals surface area contributed by atoms with E-state index in [0.717, 1.165) is 12.2 Å². The second-order valence-corrected chi connectivity index (χ2v) is 6.05. The summed E-state index contributed by atoms with van der Waals surface area (Å²) in [7, 11) is 0. The Labute approximate surface area is 127 Å². The number of nitrogens with one attached hydrogen (secondary N) is 1. The number of pyridine rings is 1. The number of fused-ring (bicyclic) bond motifs is 3. The van der Waals surface area contributed by atoms with Crippen molar-refractivity contribution in [3.05, 3.63) is 72.6 Å². The summed E-state index contributed by atoms with van der Waals surface area (Å²) in [5.74, 6) is 0. The molecule has 0 aliphatic carbocycles. The molecule has 0 saturated carbocycles. The molecule has 0 saturated heterocycles. The highest BCUT2D eigenvalue weighted by atomic mass is 32.1. The number of hydrogen-bond donors (Lipinski definition) is 1. The first-order chi connectivity index (χ1) is 10.4. The fourth-order valence-electron chi connectivity index (χ4n) is 2.56. The third kappa shape index (κ3) is 2.26. The van der Waals surface area contributed by atoms with Gasteiger partial charge in [0.25, 0.3) is 0 Å². The molecule has 0 amide bonds. The van der Waals surface area contributed by atoms with Crippen molar-refractivity contribution >= 4 is 37.2 Å². The Kier molecular flexibility index (Phi) is 3.05. The van der Waals surface area contributed by atoms with Crippen LogP contribution in [0.1, 0.15) is 5.56 Å². The Morgan fingerprint density at radius 2 is 1.67 bits per heavy atom. The lowest BCUT2D eigenvalue weighted by Crippen LogP contribution is -1.99. The van der Waals surface area contributed by atoms with Gasteiger partial charge in [0.2, 0.25) is 0 Å². The first-order valence-electron chi connectivity index (χ1n) is 6.95. The van der Waals surface area contributed by atoms with Gasteiger partial charge in [0.15, 0.2) is 0 Å². The summed E-state index contributed by atoms with van der Waals surface area (Å²) < 4.78 is 2.59. The molecule has 3 heteroatoms. The molecule has 0 radical (unpaired) electrons. The maximum Gasteiger partial charge on any atom is 0.0711 e. The van der Waals surface area contributed by atoms with Gasteiger partial charge in [-0.2, -0.15) is 0 Å². The molecule has 0 fully saturated rings. The molecule has 0 unspecified atom stereocenters. The number of rotatable bonds is 3. The fraction of sp³-hybridized carbons (Fsp3) is 0.0556. The molecule has 0 atom stereocenters. The van der Waals surface area contributed by atoms with Gasteiger partial charge in [-0.15, -0.1) is 11.3 Å². The minimum atomic E-state index is 0.815. The highest BCUT2D eigenvalue weighted by Gasteiger charge is 2.08. The molecule has 4 aromatic rings. The molecule has 0 bridgehead atoms. The number of anilines is 1. The zero-order valence-electron chi connectivity index (χ0n) is 11.4. The lowest BCUT2D eigenvalue weighted by Gasteiger charge is -2.07. The molecule has 2 aromatic carbocycles. The van der Waals surface area contributed by atoms with E-state index >= 15 is 0 Å². The van der Waals surface area contributed by atoms with Gasteiger partial charge in [-0.1, -0.05) is 48.5 Å². The predicted molar refractivity (Wildman–Crippen MR) is 90.9 cm³/mol. The average molecular weight is 290 g/mol. The smallest absolute Gasteiger partial charge is 0.0711 e. The zero-order valence-corrected chi connectivity index (χ0v) is 12.2. The lowest BCUT2D eigenvalue weighted by molar-refractivity contribution is 1.15. The largest absolute Gasteiger partial charge is 0.379 e. The van der Waals surface area contributed by atoms with E-state index in [2.05, 4.69) is 58.8 Å². The topological polar surface area (TPSA) is 24.9 Å². The average Bonchev–Trinajstić information content (AvgIpc) is 2.93. The highest BCUT2D eigenvalue weighted by molar-refractivity contribution is 7.26. The van der Waals surface area contributed by atoms with E-state index in [1.165, 1.54) is 25.7 Å². The van der Waals surface area contributed by atoms with E-state index in [1.807, 2.05) is 29.8 Å². The molecule has 0 spiro atoms. The normalized spacial score (nSPS) is 11.0. The molecule has 0 aliphatic heterocycles. The summed E-state index contributed by atoms with van der Waals surface area (Å²) in [5.41, 5.74) is 2.38. The van der Waals surface area contributed by atoms with Gasteiger partial charge in [-0.05, 0) is 11.6 Å². The first kappa shape index (κ1) is 12.4. The molecule has 102 valence electrons. The van der Waals surface area contributed by atoms with Gasteiger partial charge in [0, 0.05) is 28.2 Å². The number of nitrogens with zero attached hydrogens (tertiary/aromatic N) is 1. The van der Waals surface area contributed by atoms with E-state index in [4.69, 9.17) is 0 Å². The van der Waals surface area contributed by atoms with Crippen LogP contribution in [0, 0.1) is 0 Å². The molecule has 21 heavy (non-hydrogen) atoms. The van der Waals surface area contributed by atoms with Crippen molar-refractivity contribution in [2.24, 2.45) is 0 Å². The van der Waals surface area contributed by atoms with Gasteiger partial charge >= 0.3 is 0 Å². The van der Waals surface area contributed by atoms with Gasteiger partial charge in [0.1, 0.15) is 0 Å². The van der Waals surface area contributed by atoms with Crippen LogP contribution >= 0.6 is 11.3 Å². The Morgan fingerprint density at radius 3 is 2.57 bits per heavy atom. The Bertz CT molecular complexity index is 897. The van der Waals surface area contributed by atoms with Crippen LogP contribution in [0.25, 0.3) is 20.2 Å². The summed E-state index contributed by atoms with van der Waals surface area (Å²) in [4.78, 5) is 4.39. The monoisotopic (exact) mass is 290 g/mol. The predicted octanol–water partition coefficient (Wildman–Crippen LogP) is 5.06. The van der Waals surface area contributed by atoms with Crippen LogP contribution in [0.4, 0.5) is 5.69 Å². The van der Waals surface area contributed by atoms with Crippen molar-refractivity contribution in [2.45, 2.75) is 6.54 Å². The van der Waals surface area contributed by atoms with E-state index in [1.54, 1.807) is 0 Å². The SMILES string of the molecule is c1ccc(CNc2cncc3c2sc2ccccc23)cc1. The summed E-state index contributed by atoms with van der Waals surface area (Å²) in [5, 5.41) is 6.03. The van der Waals surface area contributed by atoms with Gasteiger partial charge in [0.05, 0.1) is 16.6 Å². The van der Waals surface area contributed by atoms with E-state index in [9.17, 15) is 0 Å². The molecule has 1 N–H and O–H groups in total. The van der Waals surface area contributed by atoms with E-state index in [0.29, 0.717) is 0 Å². The zero-order chi connectivity index (χ0) is 14.1. The van der Waals surface area contributed by atoms with Gasteiger partial charge in [-0.3, -0.25) is 4.98 Å². The molecular formula is C18H14N2S. The van der Waals surface area contributed by atoms with E-state index < -0.39 is 0 Å². The molecule has 2 aromatic heterocycles. The van der Waals surface area contributed by atoms with Crippen molar-refractivity contribution in [2.75, 3.05) is 5.32 Å². The maximum absolute atomic E-state index is 4.39. The minimum absolute atomic E-state index is 0.815. The van der Waals surface area contributed by atoms with Crippen LogP contribution in [-0.2, 0) is 6.54 Å². The van der Waals surface area contributed by atoms with Crippen LogP contribution in [0.3, 0.4) is 0 Å². The minimum Gasteiger partial charge on any atom is -0.379 e. The van der Waals surface area contributed by atoms with Crippen molar-refractivity contribution in [3.8, 4) is 0 Å². The summed E-state index contributed by atoms with van der Waals surface area (Å²) in [6.07, 6.45) is 3.88. The quantitative estimate of drug-likeness (QED) is 0.570. The van der Waals surface area contributed by atoms with Crippen molar-refractivity contribution in [3.63, 3.8) is 0 Å². The van der Waals surface area contributed by atoms with Crippen molar-refractivity contribution in [1.82, 2.24) is 4.98 Å². The summed E-state index contributed by atoms with van der Waals surface area (Å²) in [6.45, 7) is 0.815. The summed E-state index contributed by atoms with van der Waals surface area (Å²) >= 11 is 1.82. The third-order valence-corrected chi connectivity index (χ3v) is 4.83. The molecule has 0 aliphatic rings. The number of aromatic nitrogens is 1. The molecule has 2 heterocycles.